The van der Waals surface area contributed by atoms with Crippen LogP contribution in [0.2, 0.25) is 0 Å². The molecular weight excluding hydrogens is 446 g/mol. The lowest BCUT2D eigenvalue weighted by Gasteiger charge is -2.23. The molecule has 5 nitrogen and oxygen atoms in total. The minimum atomic E-state index is -0.326. The fraction of sp³-hybridized carbons (Fsp3) is 0.129. The van der Waals surface area contributed by atoms with Gasteiger partial charge in [0.2, 0.25) is 0 Å². The van der Waals surface area contributed by atoms with Crippen LogP contribution in [0.25, 0.3) is 11.0 Å². The minimum Gasteiger partial charge on any atom is -0.334 e. The minimum absolute atomic E-state index is 0.162. The van der Waals surface area contributed by atoms with Crippen LogP contribution in [0.15, 0.2) is 120 Å². The molecule has 0 aliphatic heterocycles. The second kappa shape index (κ2) is 10.8. The van der Waals surface area contributed by atoms with Crippen molar-refractivity contribution in [3.8, 4) is 0 Å². The predicted octanol–water partition coefficient (Wildman–Crippen LogP) is 5.33. The lowest BCUT2D eigenvalue weighted by Crippen LogP contribution is -2.38. The first-order chi connectivity index (χ1) is 17.7. The topological polar surface area (TPSA) is 55.2 Å². The molecule has 178 valence electrons. The number of aromatic nitrogens is 2. The Morgan fingerprint density at radius 2 is 1.36 bits per heavy atom. The highest BCUT2D eigenvalue weighted by atomic mass is 16.2. The van der Waals surface area contributed by atoms with Crippen LogP contribution in [-0.4, -0.2) is 26.9 Å². The lowest BCUT2D eigenvalue weighted by atomic mass is 10.1. The summed E-state index contributed by atoms with van der Waals surface area (Å²) >= 11 is 0. The Balaban J connectivity index is 1.54. The van der Waals surface area contributed by atoms with E-state index in [1.54, 1.807) is 21.7 Å². The molecule has 0 aliphatic carbocycles. The summed E-state index contributed by atoms with van der Waals surface area (Å²) in [5.41, 5.74) is 3.55. The number of carbonyl (C=O) groups is 1. The largest absolute Gasteiger partial charge is 0.334 e. The third kappa shape index (κ3) is 5.26. The molecule has 0 N–H and O–H groups in total. The molecule has 0 aliphatic rings. The average molecular weight is 474 g/mol. The van der Waals surface area contributed by atoms with Gasteiger partial charge in [-0.1, -0.05) is 91.0 Å². The van der Waals surface area contributed by atoms with E-state index in [4.69, 9.17) is 0 Å². The van der Waals surface area contributed by atoms with E-state index < -0.39 is 0 Å². The van der Waals surface area contributed by atoms with Gasteiger partial charge in [0.25, 0.3) is 11.5 Å². The standard InChI is InChI=1S/C31H27N3O2/c35-30(33(22-25-13-6-2-7-14-25)20-18-24-11-4-1-5-12-24)28-21-27-17-10-19-32-29(27)34(31(28)36)23-26-15-8-3-9-16-26/h1-17,19,21H,18,20,22-23H2. The summed E-state index contributed by atoms with van der Waals surface area (Å²) in [7, 11) is 0. The summed E-state index contributed by atoms with van der Waals surface area (Å²) < 4.78 is 1.61. The van der Waals surface area contributed by atoms with Gasteiger partial charge < -0.3 is 4.90 Å². The van der Waals surface area contributed by atoms with Gasteiger partial charge in [-0.05, 0) is 41.3 Å². The van der Waals surface area contributed by atoms with Gasteiger partial charge in [-0.3, -0.25) is 14.2 Å². The van der Waals surface area contributed by atoms with E-state index >= 15 is 0 Å². The third-order valence-corrected chi connectivity index (χ3v) is 6.28. The molecule has 5 heteroatoms. The second-order valence-corrected chi connectivity index (χ2v) is 8.80. The van der Waals surface area contributed by atoms with E-state index in [0.29, 0.717) is 31.7 Å². The molecule has 0 radical (unpaired) electrons. The van der Waals surface area contributed by atoms with Gasteiger partial charge in [-0.25, -0.2) is 4.98 Å². The smallest absolute Gasteiger partial charge is 0.265 e. The summed E-state index contributed by atoms with van der Waals surface area (Å²) in [5.74, 6) is -0.271. The van der Waals surface area contributed by atoms with Crippen LogP contribution in [0.5, 0.6) is 0 Å². The molecule has 2 aromatic heterocycles. The second-order valence-electron chi connectivity index (χ2n) is 8.80. The SMILES string of the molecule is O=C(c1cc2cccnc2n(Cc2ccccc2)c1=O)N(CCc1ccccc1)Cc1ccccc1. The van der Waals surface area contributed by atoms with Gasteiger partial charge in [0, 0.05) is 24.7 Å². The number of rotatable bonds is 8. The quantitative estimate of drug-likeness (QED) is 0.306. The van der Waals surface area contributed by atoms with Gasteiger partial charge >= 0.3 is 0 Å². The summed E-state index contributed by atoms with van der Waals surface area (Å²) in [6.07, 6.45) is 2.37. The van der Waals surface area contributed by atoms with Crippen LogP contribution >= 0.6 is 0 Å². The van der Waals surface area contributed by atoms with Crippen molar-refractivity contribution in [3.63, 3.8) is 0 Å². The number of hydrogen-bond acceptors (Lipinski definition) is 3. The maximum atomic E-state index is 13.9. The highest BCUT2D eigenvalue weighted by Crippen LogP contribution is 2.16. The number of fused-ring (bicyclic) bond motifs is 1. The summed E-state index contributed by atoms with van der Waals surface area (Å²) in [6, 6.07) is 35.1. The highest BCUT2D eigenvalue weighted by molar-refractivity contribution is 5.97. The van der Waals surface area contributed by atoms with Crippen LogP contribution < -0.4 is 5.56 Å². The van der Waals surface area contributed by atoms with Crippen molar-refractivity contribution in [3.05, 3.63) is 148 Å². The number of nitrogens with zero attached hydrogens (tertiary/aromatic N) is 3. The molecule has 0 atom stereocenters. The Labute approximate surface area is 210 Å². The van der Waals surface area contributed by atoms with Crippen LogP contribution in [0, 0.1) is 0 Å². The van der Waals surface area contributed by atoms with Gasteiger partial charge in [0.05, 0.1) is 6.54 Å². The lowest BCUT2D eigenvalue weighted by molar-refractivity contribution is 0.0743. The van der Waals surface area contributed by atoms with E-state index in [2.05, 4.69) is 17.1 Å². The van der Waals surface area contributed by atoms with Gasteiger partial charge in [0.1, 0.15) is 11.2 Å². The van der Waals surface area contributed by atoms with E-state index in [1.807, 2.05) is 91.0 Å². The Hall–Kier alpha value is -4.51. The maximum absolute atomic E-state index is 13.9. The first kappa shape index (κ1) is 23.2. The summed E-state index contributed by atoms with van der Waals surface area (Å²) in [6.45, 7) is 1.27. The molecule has 0 spiro atoms. The first-order valence-electron chi connectivity index (χ1n) is 12.1. The Morgan fingerprint density at radius 1 is 0.750 bits per heavy atom. The predicted molar refractivity (Wildman–Crippen MR) is 143 cm³/mol. The van der Waals surface area contributed by atoms with Crippen molar-refractivity contribution >= 4 is 16.9 Å². The normalized spacial score (nSPS) is 10.9. The van der Waals surface area contributed by atoms with Gasteiger partial charge in [-0.2, -0.15) is 0 Å². The van der Waals surface area contributed by atoms with E-state index in [1.165, 1.54) is 0 Å². The Morgan fingerprint density at radius 3 is 2.03 bits per heavy atom. The van der Waals surface area contributed by atoms with E-state index in [9.17, 15) is 9.59 Å². The summed E-state index contributed by atoms with van der Waals surface area (Å²) in [4.78, 5) is 33.9. The van der Waals surface area contributed by atoms with Crippen molar-refractivity contribution in [2.75, 3.05) is 6.54 Å². The molecule has 3 aromatic carbocycles. The molecule has 0 fully saturated rings. The summed E-state index contributed by atoms with van der Waals surface area (Å²) in [5, 5.41) is 0.763. The third-order valence-electron chi connectivity index (χ3n) is 6.28. The molecule has 0 unspecified atom stereocenters. The average Bonchev–Trinajstić information content (AvgIpc) is 2.94. The maximum Gasteiger partial charge on any atom is 0.265 e. The number of benzene rings is 3. The zero-order valence-electron chi connectivity index (χ0n) is 20.0. The number of pyridine rings is 2. The van der Waals surface area contributed by atoms with Crippen molar-refractivity contribution in [2.45, 2.75) is 19.5 Å². The molecule has 1 amide bonds. The molecule has 0 saturated heterocycles. The van der Waals surface area contributed by atoms with Crippen LogP contribution in [0.4, 0.5) is 0 Å². The molecule has 2 heterocycles. The molecule has 5 rings (SSSR count). The van der Waals surface area contributed by atoms with Crippen LogP contribution in [0.1, 0.15) is 27.0 Å². The number of amides is 1. The molecular formula is C31H27N3O2. The zero-order valence-corrected chi connectivity index (χ0v) is 20.0. The van der Waals surface area contributed by atoms with Crippen molar-refractivity contribution in [2.24, 2.45) is 0 Å². The van der Waals surface area contributed by atoms with Crippen molar-refractivity contribution < 1.29 is 4.79 Å². The zero-order chi connectivity index (χ0) is 24.7. The van der Waals surface area contributed by atoms with Crippen molar-refractivity contribution in [1.82, 2.24) is 14.5 Å². The van der Waals surface area contributed by atoms with Crippen molar-refractivity contribution in [1.29, 1.82) is 0 Å². The van der Waals surface area contributed by atoms with Gasteiger partial charge in [0.15, 0.2) is 0 Å². The van der Waals surface area contributed by atoms with E-state index in [-0.39, 0.29) is 17.0 Å². The number of hydrogen-bond donors (Lipinski definition) is 0. The fourth-order valence-corrected chi connectivity index (χ4v) is 4.41. The Bertz CT molecular complexity index is 1510. The highest BCUT2D eigenvalue weighted by Gasteiger charge is 2.22. The first-order valence-corrected chi connectivity index (χ1v) is 12.1. The number of carbonyl (C=O) groups excluding carboxylic acids is 1. The monoisotopic (exact) mass is 473 g/mol. The fourth-order valence-electron chi connectivity index (χ4n) is 4.41. The van der Waals surface area contributed by atoms with Gasteiger partial charge in [-0.15, -0.1) is 0 Å². The van der Waals surface area contributed by atoms with Crippen LogP contribution in [0.3, 0.4) is 0 Å². The molecule has 0 saturated carbocycles. The Kier molecular flexibility index (Phi) is 6.99. The molecule has 0 bridgehead atoms. The molecule has 5 aromatic rings. The molecule has 36 heavy (non-hydrogen) atoms. The van der Waals surface area contributed by atoms with E-state index in [0.717, 1.165) is 22.1 Å². The van der Waals surface area contributed by atoms with Crippen LogP contribution in [-0.2, 0) is 19.5 Å².